The molecule has 2 aliphatic rings. The molecule has 2 saturated heterocycles. The van der Waals surface area contributed by atoms with Crippen LogP contribution in [0, 0.1) is 23.7 Å². The molecule has 0 aromatic heterocycles. The molecular weight excluding hydrogens is 949 g/mol. The molecule has 2 aliphatic heterocycles. The molecule has 15 N–H and O–H groups in total. The van der Waals surface area contributed by atoms with Crippen molar-refractivity contribution in [3.8, 4) is 0 Å². The molecule has 0 spiro atoms. The Morgan fingerprint density at radius 3 is 1.48 bits per heavy atom. The molecule has 24 nitrogen and oxygen atoms in total. The number of hydrogen-bond acceptors (Lipinski definition) is 15. The van der Waals surface area contributed by atoms with Crippen LogP contribution in [0.25, 0.3) is 0 Å². The fraction of sp³-hybridized carbons (Fsp3) is 0.796. The van der Waals surface area contributed by atoms with Gasteiger partial charge in [0.2, 0.25) is 53.2 Å². The van der Waals surface area contributed by atoms with Gasteiger partial charge in [-0.05, 0) is 88.8 Å². The Kier molecular flexibility index (Phi) is 27.3. The van der Waals surface area contributed by atoms with Gasteiger partial charge < -0.3 is 74.5 Å². The Hall–Kier alpha value is -5.46. The van der Waals surface area contributed by atoms with E-state index in [-0.39, 0.29) is 64.1 Å². The molecule has 13 atom stereocenters. The topological polar surface area (TPSA) is 378 Å². The highest BCUT2D eigenvalue weighted by molar-refractivity contribution is 5.99. The number of nitrogens with one attached hydrogen (secondary N) is 8. The monoisotopic (exact) mass is 1040 g/mol. The minimum atomic E-state index is -1.54. The number of ether oxygens (including phenoxy) is 1. The summed E-state index contributed by atoms with van der Waals surface area (Å²) in [7, 11) is 0. The maximum atomic E-state index is 14.1. The average molecular weight is 1040 g/mol. The second-order valence-corrected chi connectivity index (χ2v) is 20.3. The summed E-state index contributed by atoms with van der Waals surface area (Å²) in [4.78, 5) is 141. The van der Waals surface area contributed by atoms with Gasteiger partial charge in [-0.25, -0.2) is 4.79 Å². The number of nitrogens with two attached hydrogens (primary N) is 3. The molecule has 73 heavy (non-hydrogen) atoms. The Bertz CT molecular complexity index is 1890. The molecule has 0 aromatic rings. The summed E-state index contributed by atoms with van der Waals surface area (Å²) >= 11 is 0. The second kappa shape index (κ2) is 31.3. The number of nitrogens with zero attached hydrogens (tertiary/aromatic N) is 1. The average Bonchev–Trinajstić information content (AvgIpc) is 3.60. The SMILES string of the molecule is CCCC1NC(=O)C(CCN)NC(=O)[C@H]([C@H](C)CC)NC(=O)C(CCN)NC(=O)CC(C(C)CC)OC(=O)C(CO)N2C(=O)C(CC2C)NC(=O)C(C(C)C)NC(=O)C(CCN)NC(=O)C(CC(C)C)NC1=O. The van der Waals surface area contributed by atoms with Crippen LogP contribution < -0.4 is 59.7 Å². The van der Waals surface area contributed by atoms with E-state index >= 15 is 0 Å². The number of hydrogen-bond donors (Lipinski definition) is 12. The van der Waals surface area contributed by atoms with Crippen molar-refractivity contribution in [3.05, 3.63) is 0 Å². The maximum absolute atomic E-state index is 14.1. The highest BCUT2D eigenvalue weighted by Gasteiger charge is 2.46. The Labute approximate surface area is 430 Å². The van der Waals surface area contributed by atoms with E-state index in [4.69, 9.17) is 21.9 Å². The minimum absolute atomic E-state index is 0.0142. The van der Waals surface area contributed by atoms with Gasteiger partial charge in [0.25, 0.3) is 0 Å². The Balaban J connectivity index is 2.73. The molecule has 24 heteroatoms. The van der Waals surface area contributed by atoms with Crippen molar-refractivity contribution >= 4 is 59.1 Å². The van der Waals surface area contributed by atoms with Crippen LogP contribution in [-0.2, 0) is 52.7 Å². The summed E-state index contributed by atoms with van der Waals surface area (Å²) in [5, 5.41) is 32.1. The third kappa shape index (κ3) is 19.1. The number of cyclic esters (lactones) is 1. The number of amides is 9. The van der Waals surface area contributed by atoms with Gasteiger partial charge >= 0.3 is 5.97 Å². The zero-order chi connectivity index (χ0) is 55.3. The van der Waals surface area contributed by atoms with Crippen LogP contribution in [0.1, 0.15) is 133 Å². The first-order valence-electron chi connectivity index (χ1n) is 26.1. The van der Waals surface area contributed by atoms with E-state index in [1.54, 1.807) is 55.4 Å². The molecule has 0 radical (unpaired) electrons. The van der Waals surface area contributed by atoms with Crippen LogP contribution in [0.5, 0.6) is 0 Å². The van der Waals surface area contributed by atoms with E-state index in [1.165, 1.54) is 0 Å². The maximum Gasteiger partial charge on any atom is 0.331 e. The molecule has 9 amide bonds. The van der Waals surface area contributed by atoms with E-state index in [1.807, 2.05) is 13.8 Å². The number of esters is 1. The van der Waals surface area contributed by atoms with Crippen LogP contribution in [0.15, 0.2) is 0 Å². The molecule has 11 unspecified atom stereocenters. The predicted molar refractivity (Wildman–Crippen MR) is 271 cm³/mol. The fourth-order valence-electron chi connectivity index (χ4n) is 8.75. The van der Waals surface area contributed by atoms with E-state index in [0.29, 0.717) is 19.3 Å². The van der Waals surface area contributed by atoms with Gasteiger partial charge in [0.15, 0.2) is 6.04 Å². The van der Waals surface area contributed by atoms with E-state index in [0.717, 1.165) is 4.90 Å². The molecule has 0 aliphatic carbocycles. The summed E-state index contributed by atoms with van der Waals surface area (Å²) in [6.07, 6.45) is -0.237. The third-order valence-corrected chi connectivity index (χ3v) is 13.5. The van der Waals surface area contributed by atoms with Crippen LogP contribution in [-0.4, -0.2) is 162 Å². The van der Waals surface area contributed by atoms with Crippen molar-refractivity contribution in [2.45, 2.75) is 200 Å². The zero-order valence-electron chi connectivity index (χ0n) is 44.7. The number of rotatable bonds is 16. The molecular formula is C49H88N12O12. The van der Waals surface area contributed by atoms with Gasteiger partial charge in [-0.3, -0.25) is 43.2 Å². The normalized spacial score (nSPS) is 29.4. The molecule has 0 aromatic carbocycles. The van der Waals surface area contributed by atoms with Crippen LogP contribution >= 0.6 is 0 Å². The lowest BCUT2D eigenvalue weighted by molar-refractivity contribution is -0.165. The highest BCUT2D eigenvalue weighted by atomic mass is 16.5. The van der Waals surface area contributed by atoms with Gasteiger partial charge in [0, 0.05) is 6.04 Å². The standard InChI is InChI=1S/C49H88N12O12/c1-11-14-30-41(64)57-34(21-25(4)5)45(68)55-33(17-20-52)44(67)59-39(26(6)7)46(69)58-35-22-29(10)61(48(35)71)36(24-62)49(72)73-37(27(8)12-2)23-38(63)53-31(15-18-50)43(66)60-40(28(9)13-3)47(70)56-32(16-19-51)42(65)54-30/h25-37,39-40,62H,11-24,50-52H2,1-10H3,(H,53,63)(H,54,65)(H,55,68)(H,56,70)(H,57,64)(H,58,69)(H,59,67)(H,60,66)/t27?,28-,29?,30?,31?,32?,33?,34?,35?,36?,37?,39?,40+/m1/s1. The number of aliphatic hydroxyl groups excluding tert-OH is 1. The number of carbonyl (C=O) groups excluding carboxylic acids is 10. The Morgan fingerprint density at radius 1 is 0.575 bits per heavy atom. The summed E-state index contributed by atoms with van der Waals surface area (Å²) in [6.45, 7) is 16.4. The Morgan fingerprint density at radius 2 is 1.01 bits per heavy atom. The van der Waals surface area contributed by atoms with Crippen molar-refractivity contribution in [3.63, 3.8) is 0 Å². The van der Waals surface area contributed by atoms with Gasteiger partial charge in [0.1, 0.15) is 54.4 Å². The van der Waals surface area contributed by atoms with Gasteiger partial charge in [-0.2, -0.15) is 0 Å². The lowest BCUT2D eigenvalue weighted by Gasteiger charge is -2.32. The highest BCUT2D eigenvalue weighted by Crippen LogP contribution is 2.25. The predicted octanol–water partition coefficient (Wildman–Crippen LogP) is -2.20. The first kappa shape index (κ1) is 63.7. The largest absolute Gasteiger partial charge is 0.460 e. The van der Waals surface area contributed by atoms with Crippen LogP contribution in [0.4, 0.5) is 0 Å². The molecule has 2 heterocycles. The van der Waals surface area contributed by atoms with Crippen molar-refractivity contribution in [1.82, 2.24) is 47.4 Å². The number of fused-ring (bicyclic) bond motifs is 2. The molecule has 416 valence electrons. The summed E-state index contributed by atoms with van der Waals surface area (Å²) in [5.41, 5.74) is 17.7. The van der Waals surface area contributed by atoms with Crippen molar-refractivity contribution in [2.24, 2.45) is 40.9 Å². The second-order valence-electron chi connectivity index (χ2n) is 20.3. The minimum Gasteiger partial charge on any atom is -0.460 e. The van der Waals surface area contributed by atoms with Crippen molar-refractivity contribution in [1.29, 1.82) is 0 Å². The van der Waals surface area contributed by atoms with Crippen molar-refractivity contribution in [2.75, 3.05) is 26.2 Å². The van der Waals surface area contributed by atoms with Crippen molar-refractivity contribution < 1.29 is 57.8 Å². The summed E-state index contributed by atoms with van der Waals surface area (Å²) in [5.74, 6) is -9.30. The fourth-order valence-corrected chi connectivity index (χ4v) is 8.75. The van der Waals surface area contributed by atoms with Gasteiger partial charge in [-0.15, -0.1) is 0 Å². The lowest BCUT2D eigenvalue weighted by atomic mass is 9.96. The molecule has 0 saturated carbocycles. The number of aliphatic hydroxyl groups is 1. The molecule has 2 rings (SSSR count). The van der Waals surface area contributed by atoms with E-state index in [9.17, 15) is 53.1 Å². The first-order chi connectivity index (χ1) is 34.4. The number of carbonyl (C=O) groups is 10. The lowest BCUT2D eigenvalue weighted by Crippen LogP contribution is -2.61. The smallest absolute Gasteiger partial charge is 0.331 e. The summed E-state index contributed by atoms with van der Waals surface area (Å²) in [6, 6.07) is -12.1. The van der Waals surface area contributed by atoms with Gasteiger partial charge in [0.05, 0.1) is 13.0 Å². The quantitative estimate of drug-likeness (QED) is 0.0731. The molecule has 2 bridgehead atoms. The molecule has 2 fully saturated rings. The first-order valence-corrected chi connectivity index (χ1v) is 26.1. The third-order valence-electron chi connectivity index (χ3n) is 13.5. The summed E-state index contributed by atoms with van der Waals surface area (Å²) < 4.78 is 5.87. The van der Waals surface area contributed by atoms with Gasteiger partial charge in [-0.1, -0.05) is 81.6 Å². The van der Waals surface area contributed by atoms with E-state index in [2.05, 4.69) is 42.5 Å². The van der Waals surface area contributed by atoms with Crippen LogP contribution in [0.3, 0.4) is 0 Å². The van der Waals surface area contributed by atoms with E-state index < -0.39 is 156 Å². The van der Waals surface area contributed by atoms with Crippen LogP contribution in [0.2, 0.25) is 0 Å². The zero-order valence-corrected chi connectivity index (χ0v) is 44.7.